The Balaban J connectivity index is 1.87. The fraction of sp³-hybridized carbons (Fsp3) is 1.00. The van der Waals surface area contributed by atoms with E-state index in [9.17, 15) is 0 Å². The molecular weight excluding hydrogens is 212 g/mol. The number of hydrogen-bond acceptors (Lipinski definition) is 0. The maximum Gasteiger partial charge on any atom is 0.0174 e. The highest BCUT2D eigenvalue weighted by molar-refractivity contribution is 9.09. The molecule has 1 rings (SSSR count). The van der Waals surface area contributed by atoms with Crippen molar-refractivity contribution in [2.24, 2.45) is 11.8 Å². The second kappa shape index (κ2) is 5.26. The topological polar surface area (TPSA) is 0 Å². The van der Waals surface area contributed by atoms with E-state index in [1.807, 2.05) is 0 Å². The molecule has 0 nitrogen and oxygen atoms in total. The molecule has 1 atom stereocenters. The smallest absolute Gasteiger partial charge is 0.0174 e. The summed E-state index contributed by atoms with van der Waals surface area (Å²) in [6.45, 7) is 4.62. The molecular formula is C11H21Br. The zero-order valence-corrected chi connectivity index (χ0v) is 9.94. The Hall–Kier alpha value is 0.480. The van der Waals surface area contributed by atoms with Crippen molar-refractivity contribution in [1.29, 1.82) is 0 Å². The van der Waals surface area contributed by atoms with E-state index in [4.69, 9.17) is 0 Å². The third-order valence-electron chi connectivity index (χ3n) is 2.64. The first-order valence-corrected chi connectivity index (χ1v) is 6.25. The van der Waals surface area contributed by atoms with E-state index >= 15 is 0 Å². The van der Waals surface area contributed by atoms with Crippen LogP contribution in [0.5, 0.6) is 0 Å². The van der Waals surface area contributed by atoms with Crippen LogP contribution in [0.15, 0.2) is 0 Å². The molecule has 0 amide bonds. The van der Waals surface area contributed by atoms with Gasteiger partial charge in [0.05, 0.1) is 0 Å². The third-order valence-corrected chi connectivity index (χ3v) is 3.85. The van der Waals surface area contributed by atoms with Gasteiger partial charge >= 0.3 is 0 Å². The molecule has 0 saturated heterocycles. The average Bonchev–Trinajstić information content (AvgIpc) is 2.79. The molecule has 12 heavy (non-hydrogen) atoms. The van der Waals surface area contributed by atoms with E-state index in [0.717, 1.165) is 16.7 Å². The molecule has 0 aromatic carbocycles. The lowest BCUT2D eigenvalue weighted by molar-refractivity contribution is 0.517. The zero-order valence-electron chi connectivity index (χ0n) is 8.35. The van der Waals surface area contributed by atoms with E-state index in [-0.39, 0.29) is 0 Å². The van der Waals surface area contributed by atoms with Crippen LogP contribution >= 0.6 is 15.9 Å². The lowest BCUT2D eigenvalue weighted by atomic mass is 10.0. The minimum absolute atomic E-state index is 0.838. The van der Waals surface area contributed by atoms with Gasteiger partial charge in [-0.1, -0.05) is 49.0 Å². The van der Waals surface area contributed by atoms with Crippen LogP contribution < -0.4 is 0 Å². The number of hydrogen-bond donors (Lipinski definition) is 0. The van der Waals surface area contributed by atoms with Crippen molar-refractivity contribution < 1.29 is 0 Å². The summed E-state index contributed by atoms with van der Waals surface area (Å²) in [5.41, 5.74) is 0. The molecule has 1 aliphatic carbocycles. The first kappa shape index (κ1) is 10.6. The van der Waals surface area contributed by atoms with Crippen LogP contribution in [0.4, 0.5) is 0 Å². The van der Waals surface area contributed by atoms with E-state index in [0.29, 0.717) is 0 Å². The fourth-order valence-electron chi connectivity index (χ4n) is 1.59. The van der Waals surface area contributed by atoms with Crippen LogP contribution in [-0.4, -0.2) is 4.83 Å². The Morgan fingerprint density at radius 2 is 1.75 bits per heavy atom. The molecule has 1 saturated carbocycles. The van der Waals surface area contributed by atoms with Gasteiger partial charge in [0.2, 0.25) is 0 Å². The van der Waals surface area contributed by atoms with Gasteiger partial charge < -0.3 is 0 Å². The van der Waals surface area contributed by atoms with E-state index in [1.54, 1.807) is 0 Å². The van der Waals surface area contributed by atoms with Crippen LogP contribution in [0.3, 0.4) is 0 Å². The predicted molar refractivity (Wildman–Crippen MR) is 58.7 cm³/mol. The highest BCUT2D eigenvalue weighted by Crippen LogP contribution is 2.38. The van der Waals surface area contributed by atoms with Crippen molar-refractivity contribution in [3.05, 3.63) is 0 Å². The van der Waals surface area contributed by atoms with E-state index in [1.165, 1.54) is 38.5 Å². The normalized spacial score (nSPS) is 20.0. The van der Waals surface area contributed by atoms with E-state index in [2.05, 4.69) is 29.8 Å². The van der Waals surface area contributed by atoms with Crippen molar-refractivity contribution in [3.63, 3.8) is 0 Å². The largest absolute Gasteiger partial charge is 0.0888 e. The first-order chi connectivity index (χ1) is 5.70. The molecule has 0 bridgehead atoms. The minimum atomic E-state index is 0.838. The van der Waals surface area contributed by atoms with Gasteiger partial charge in [-0.25, -0.2) is 0 Å². The van der Waals surface area contributed by atoms with Crippen molar-refractivity contribution >= 4 is 15.9 Å². The van der Waals surface area contributed by atoms with Crippen LogP contribution in [-0.2, 0) is 0 Å². The number of alkyl halides is 1. The minimum Gasteiger partial charge on any atom is -0.0888 e. The summed E-state index contributed by atoms with van der Waals surface area (Å²) >= 11 is 3.77. The van der Waals surface area contributed by atoms with Crippen LogP contribution in [0, 0.1) is 11.8 Å². The first-order valence-electron chi connectivity index (χ1n) is 5.34. The summed E-state index contributed by atoms with van der Waals surface area (Å²) in [5.74, 6) is 1.92. The Labute approximate surface area is 85.3 Å². The standard InChI is InChI=1S/C11H21Br/c1-9(2)5-3-4-6-11(12)10-7-8-10/h9-11H,3-8H2,1-2H3. The highest BCUT2D eigenvalue weighted by Gasteiger charge is 2.28. The van der Waals surface area contributed by atoms with Crippen molar-refractivity contribution in [2.75, 3.05) is 0 Å². The zero-order chi connectivity index (χ0) is 8.97. The highest BCUT2D eigenvalue weighted by atomic mass is 79.9. The molecule has 0 N–H and O–H groups in total. The molecule has 0 radical (unpaired) electrons. The van der Waals surface area contributed by atoms with Gasteiger partial charge in [0.1, 0.15) is 0 Å². The number of rotatable bonds is 6. The van der Waals surface area contributed by atoms with Crippen molar-refractivity contribution in [1.82, 2.24) is 0 Å². The summed E-state index contributed by atoms with van der Waals surface area (Å²) in [6.07, 6.45) is 8.60. The third kappa shape index (κ3) is 4.49. The SMILES string of the molecule is CC(C)CCCCC(Br)C1CC1. The van der Waals surface area contributed by atoms with Gasteiger partial charge in [-0.15, -0.1) is 0 Å². The lowest BCUT2D eigenvalue weighted by Gasteiger charge is -2.08. The van der Waals surface area contributed by atoms with Gasteiger partial charge in [0, 0.05) is 4.83 Å². The molecule has 0 aromatic rings. The monoisotopic (exact) mass is 232 g/mol. The van der Waals surface area contributed by atoms with Gasteiger partial charge in [0.25, 0.3) is 0 Å². The summed E-state index contributed by atoms with van der Waals surface area (Å²) in [7, 11) is 0. The predicted octanol–water partition coefficient (Wildman–Crippen LogP) is 4.38. The van der Waals surface area contributed by atoms with E-state index < -0.39 is 0 Å². The van der Waals surface area contributed by atoms with Gasteiger partial charge in [0.15, 0.2) is 0 Å². The molecule has 0 aliphatic heterocycles. The average molecular weight is 233 g/mol. The fourth-order valence-corrected chi connectivity index (χ4v) is 2.44. The van der Waals surface area contributed by atoms with Gasteiger partial charge in [-0.2, -0.15) is 0 Å². The quantitative estimate of drug-likeness (QED) is 0.472. The van der Waals surface area contributed by atoms with Crippen LogP contribution in [0.2, 0.25) is 0 Å². The van der Waals surface area contributed by atoms with Gasteiger partial charge in [-0.05, 0) is 31.1 Å². The molecule has 1 aliphatic rings. The second-order valence-electron chi connectivity index (χ2n) is 4.53. The maximum absolute atomic E-state index is 3.77. The van der Waals surface area contributed by atoms with Crippen LogP contribution in [0.1, 0.15) is 52.4 Å². The Bertz CT molecular complexity index is 116. The molecule has 1 unspecified atom stereocenters. The molecule has 0 aromatic heterocycles. The summed E-state index contributed by atoms with van der Waals surface area (Å²) < 4.78 is 0. The van der Waals surface area contributed by atoms with Crippen molar-refractivity contribution in [2.45, 2.75) is 57.2 Å². The summed E-state index contributed by atoms with van der Waals surface area (Å²) in [6, 6.07) is 0. The second-order valence-corrected chi connectivity index (χ2v) is 5.71. The molecule has 1 fully saturated rings. The van der Waals surface area contributed by atoms with Crippen LogP contribution in [0.25, 0.3) is 0 Å². The van der Waals surface area contributed by atoms with Crippen molar-refractivity contribution in [3.8, 4) is 0 Å². The Morgan fingerprint density at radius 1 is 1.17 bits per heavy atom. The molecule has 0 spiro atoms. The lowest BCUT2D eigenvalue weighted by Crippen LogP contribution is -2.00. The number of unbranched alkanes of at least 4 members (excludes halogenated alkanes) is 1. The molecule has 0 heterocycles. The summed E-state index contributed by atoms with van der Waals surface area (Å²) in [4.78, 5) is 0.838. The molecule has 72 valence electrons. The Kier molecular flexibility index (Phi) is 4.63. The Morgan fingerprint density at radius 3 is 2.25 bits per heavy atom. The molecule has 1 heteroatoms. The summed E-state index contributed by atoms with van der Waals surface area (Å²) in [5, 5.41) is 0. The van der Waals surface area contributed by atoms with Gasteiger partial charge in [-0.3, -0.25) is 0 Å². The number of halogens is 1. The maximum atomic E-state index is 3.77.